The number of rotatable bonds is 4. The Bertz CT molecular complexity index is 1090. The Morgan fingerprint density at radius 3 is 2.81 bits per heavy atom. The van der Waals surface area contributed by atoms with Crippen LogP contribution in [0, 0.1) is 3.57 Å². The van der Waals surface area contributed by atoms with Gasteiger partial charge in [0.2, 0.25) is 0 Å². The lowest BCUT2D eigenvalue weighted by molar-refractivity contribution is 0.102. The molecular formula is C18H14IN5OS. The molecule has 26 heavy (non-hydrogen) atoms. The topological polar surface area (TPSA) is 72.7 Å². The van der Waals surface area contributed by atoms with Gasteiger partial charge < -0.3 is 0 Å². The third-order valence-corrected chi connectivity index (χ3v) is 5.42. The lowest BCUT2D eigenvalue weighted by Crippen LogP contribution is -2.11. The van der Waals surface area contributed by atoms with Gasteiger partial charge >= 0.3 is 0 Å². The molecular weight excluding hydrogens is 461 g/mol. The van der Waals surface area contributed by atoms with Crippen LogP contribution in [0.2, 0.25) is 0 Å². The molecule has 0 atom stereocenters. The molecule has 6 nitrogen and oxygen atoms in total. The summed E-state index contributed by atoms with van der Waals surface area (Å²) in [5.74, 6) is -0.207. The zero-order valence-corrected chi connectivity index (χ0v) is 16.8. The van der Waals surface area contributed by atoms with Crippen LogP contribution in [-0.2, 0) is 6.54 Å². The van der Waals surface area contributed by atoms with Crippen molar-refractivity contribution in [3.8, 4) is 11.3 Å². The number of anilines is 1. The highest BCUT2D eigenvalue weighted by molar-refractivity contribution is 14.1. The van der Waals surface area contributed by atoms with Crippen molar-refractivity contribution in [3.05, 3.63) is 57.0 Å². The molecule has 1 amide bonds. The van der Waals surface area contributed by atoms with E-state index in [9.17, 15) is 4.79 Å². The van der Waals surface area contributed by atoms with E-state index in [1.165, 1.54) is 14.9 Å². The van der Waals surface area contributed by atoms with E-state index >= 15 is 0 Å². The number of fused-ring (bicyclic) bond motifs is 1. The van der Waals surface area contributed by atoms with E-state index in [1.807, 2.05) is 42.6 Å². The van der Waals surface area contributed by atoms with Crippen molar-refractivity contribution in [2.24, 2.45) is 0 Å². The fourth-order valence-corrected chi connectivity index (χ4v) is 3.67. The summed E-state index contributed by atoms with van der Waals surface area (Å²) < 4.78 is 2.97. The van der Waals surface area contributed by atoms with E-state index in [-0.39, 0.29) is 5.91 Å². The number of thiazole rings is 1. The van der Waals surface area contributed by atoms with Gasteiger partial charge in [-0.1, -0.05) is 17.3 Å². The second-order valence-electron chi connectivity index (χ2n) is 5.61. The first-order valence-corrected chi connectivity index (χ1v) is 9.96. The maximum Gasteiger partial charge on any atom is 0.257 e. The summed E-state index contributed by atoms with van der Waals surface area (Å²) in [6.45, 7) is 2.74. The number of hydrogen-bond acceptors (Lipinski definition) is 5. The SMILES string of the molecule is CCn1nnc2cc(C(=O)Nc3nc(-c4ccc(I)cc4)cs3)ccc21. The maximum atomic E-state index is 12.5. The normalized spacial score (nSPS) is 11.0. The third kappa shape index (κ3) is 3.34. The van der Waals surface area contributed by atoms with E-state index in [0.717, 1.165) is 23.3 Å². The number of benzene rings is 2. The number of aryl methyl sites for hydroxylation is 1. The van der Waals surface area contributed by atoms with Crippen LogP contribution in [0.5, 0.6) is 0 Å². The number of carbonyl (C=O) groups excluding carboxylic acids is 1. The van der Waals surface area contributed by atoms with Crippen molar-refractivity contribution >= 4 is 56.0 Å². The largest absolute Gasteiger partial charge is 0.298 e. The average molecular weight is 475 g/mol. The Balaban J connectivity index is 1.54. The first kappa shape index (κ1) is 17.1. The minimum atomic E-state index is -0.207. The highest BCUT2D eigenvalue weighted by Crippen LogP contribution is 2.26. The summed E-state index contributed by atoms with van der Waals surface area (Å²) in [5.41, 5.74) is 4.03. The molecule has 130 valence electrons. The fraction of sp³-hybridized carbons (Fsp3) is 0.111. The highest BCUT2D eigenvalue weighted by Gasteiger charge is 2.12. The van der Waals surface area contributed by atoms with Crippen molar-refractivity contribution < 1.29 is 4.79 Å². The number of carbonyl (C=O) groups is 1. The van der Waals surface area contributed by atoms with Gasteiger partial charge in [-0.15, -0.1) is 16.4 Å². The first-order valence-electron chi connectivity index (χ1n) is 8.00. The van der Waals surface area contributed by atoms with Gasteiger partial charge in [0.25, 0.3) is 5.91 Å². The molecule has 0 fully saturated rings. The first-order chi connectivity index (χ1) is 12.6. The highest BCUT2D eigenvalue weighted by atomic mass is 127. The Morgan fingerprint density at radius 2 is 2.04 bits per heavy atom. The minimum absolute atomic E-state index is 0.207. The van der Waals surface area contributed by atoms with E-state index in [4.69, 9.17) is 0 Å². The molecule has 0 bridgehead atoms. The lowest BCUT2D eigenvalue weighted by Gasteiger charge is -2.02. The predicted octanol–water partition coefficient (Wildman–Crippen LogP) is 4.43. The molecule has 2 aromatic carbocycles. The zero-order valence-electron chi connectivity index (χ0n) is 13.8. The molecule has 0 aliphatic rings. The molecule has 0 aliphatic heterocycles. The third-order valence-electron chi connectivity index (χ3n) is 3.94. The number of aromatic nitrogens is 4. The van der Waals surface area contributed by atoms with Crippen molar-refractivity contribution in [2.75, 3.05) is 5.32 Å². The number of hydrogen-bond donors (Lipinski definition) is 1. The van der Waals surface area contributed by atoms with Gasteiger partial charge in [-0.2, -0.15) is 0 Å². The zero-order chi connectivity index (χ0) is 18.1. The van der Waals surface area contributed by atoms with Crippen LogP contribution in [0.1, 0.15) is 17.3 Å². The fourth-order valence-electron chi connectivity index (χ4n) is 2.60. The quantitative estimate of drug-likeness (QED) is 0.444. The van der Waals surface area contributed by atoms with Gasteiger partial charge in [-0.3, -0.25) is 10.1 Å². The van der Waals surface area contributed by atoms with E-state index < -0.39 is 0 Å². The summed E-state index contributed by atoms with van der Waals surface area (Å²) in [6.07, 6.45) is 0. The molecule has 2 aromatic heterocycles. The number of nitrogens with zero attached hydrogens (tertiary/aromatic N) is 4. The molecule has 2 heterocycles. The van der Waals surface area contributed by atoms with Crippen LogP contribution in [-0.4, -0.2) is 25.9 Å². The van der Waals surface area contributed by atoms with Crippen molar-refractivity contribution in [1.29, 1.82) is 0 Å². The smallest absolute Gasteiger partial charge is 0.257 e. The number of nitrogens with one attached hydrogen (secondary N) is 1. The van der Waals surface area contributed by atoms with Crippen LogP contribution in [0.25, 0.3) is 22.3 Å². The summed E-state index contributed by atoms with van der Waals surface area (Å²) in [6, 6.07) is 13.5. The Labute approximate surface area is 167 Å². The molecule has 0 aliphatic carbocycles. The Morgan fingerprint density at radius 1 is 1.23 bits per heavy atom. The van der Waals surface area contributed by atoms with Crippen LogP contribution in [0.15, 0.2) is 47.8 Å². The Kier molecular flexibility index (Phi) is 4.68. The second kappa shape index (κ2) is 7.12. The number of amides is 1. The maximum absolute atomic E-state index is 12.5. The van der Waals surface area contributed by atoms with Crippen molar-refractivity contribution in [1.82, 2.24) is 20.0 Å². The lowest BCUT2D eigenvalue weighted by atomic mass is 10.2. The minimum Gasteiger partial charge on any atom is -0.298 e. The van der Waals surface area contributed by atoms with Gasteiger partial charge in [0.05, 0.1) is 11.2 Å². The van der Waals surface area contributed by atoms with Crippen molar-refractivity contribution in [2.45, 2.75) is 13.5 Å². The summed E-state index contributed by atoms with van der Waals surface area (Å²) >= 11 is 3.67. The molecule has 0 saturated carbocycles. The molecule has 4 aromatic rings. The van der Waals surface area contributed by atoms with Gasteiger partial charge in [-0.05, 0) is 59.8 Å². The van der Waals surface area contributed by atoms with Gasteiger partial charge in [0.1, 0.15) is 5.52 Å². The van der Waals surface area contributed by atoms with E-state index in [1.54, 1.807) is 16.8 Å². The molecule has 1 N–H and O–H groups in total. The molecule has 4 rings (SSSR count). The monoisotopic (exact) mass is 475 g/mol. The molecule has 0 radical (unpaired) electrons. The summed E-state index contributed by atoms with van der Waals surface area (Å²) in [7, 11) is 0. The van der Waals surface area contributed by atoms with Gasteiger partial charge in [-0.25, -0.2) is 9.67 Å². The number of halogens is 1. The van der Waals surface area contributed by atoms with Crippen LogP contribution in [0.4, 0.5) is 5.13 Å². The van der Waals surface area contributed by atoms with Gasteiger partial charge in [0.15, 0.2) is 5.13 Å². The van der Waals surface area contributed by atoms with Crippen molar-refractivity contribution in [3.63, 3.8) is 0 Å². The standard InChI is InChI=1S/C18H14IN5OS/c1-2-24-16-8-5-12(9-14(16)22-23-24)17(25)21-18-20-15(10-26-18)11-3-6-13(19)7-4-11/h3-10H,2H2,1H3,(H,20,21,25). The molecule has 0 saturated heterocycles. The van der Waals surface area contributed by atoms with E-state index in [0.29, 0.717) is 16.2 Å². The molecule has 0 unspecified atom stereocenters. The molecule has 0 spiro atoms. The predicted molar refractivity (Wildman–Crippen MR) is 111 cm³/mol. The average Bonchev–Trinajstić information content (AvgIpc) is 3.28. The van der Waals surface area contributed by atoms with Crippen LogP contribution in [0.3, 0.4) is 0 Å². The van der Waals surface area contributed by atoms with Crippen LogP contribution < -0.4 is 5.32 Å². The second-order valence-corrected chi connectivity index (χ2v) is 7.71. The van der Waals surface area contributed by atoms with Crippen LogP contribution >= 0.6 is 33.9 Å². The Hall–Kier alpha value is -2.33. The van der Waals surface area contributed by atoms with E-state index in [2.05, 4.69) is 43.2 Å². The van der Waals surface area contributed by atoms with Gasteiger partial charge in [0, 0.05) is 26.6 Å². The summed E-state index contributed by atoms with van der Waals surface area (Å²) in [5, 5.41) is 13.5. The summed E-state index contributed by atoms with van der Waals surface area (Å²) in [4.78, 5) is 17.0. The molecule has 8 heteroatoms.